The number of hydrogen-bond donors (Lipinski definition) is 2. The lowest BCUT2D eigenvalue weighted by molar-refractivity contribution is 0.0948. The Bertz CT molecular complexity index is 512. The third kappa shape index (κ3) is 3.24. The first-order valence-electron chi connectivity index (χ1n) is 5.52. The van der Waals surface area contributed by atoms with Gasteiger partial charge < -0.3 is 11.1 Å². The molecule has 0 aliphatic rings. The van der Waals surface area contributed by atoms with E-state index in [1.165, 1.54) is 0 Å². The summed E-state index contributed by atoms with van der Waals surface area (Å²) >= 11 is 0. The summed E-state index contributed by atoms with van der Waals surface area (Å²) in [4.78, 5) is 15.6. The molecule has 2 rings (SSSR count). The van der Waals surface area contributed by atoms with Gasteiger partial charge >= 0.3 is 0 Å². The summed E-state index contributed by atoms with van der Waals surface area (Å²) in [6.45, 7) is 0.537. The van der Waals surface area contributed by atoms with Crippen molar-refractivity contribution in [3.63, 3.8) is 0 Å². The van der Waals surface area contributed by atoms with Crippen molar-refractivity contribution in [2.24, 2.45) is 0 Å². The fourth-order valence-electron chi connectivity index (χ4n) is 1.42. The molecule has 6 heteroatoms. The van der Waals surface area contributed by atoms with Gasteiger partial charge in [-0.1, -0.05) is 0 Å². The van der Waals surface area contributed by atoms with Crippen LogP contribution >= 0.6 is 0 Å². The number of nitrogens with zero attached hydrogens (tertiary/aromatic N) is 3. The number of nitrogen functional groups attached to an aromatic ring is 1. The summed E-state index contributed by atoms with van der Waals surface area (Å²) in [6, 6.07) is 6.92. The Balaban J connectivity index is 1.84. The second-order valence-electron chi connectivity index (χ2n) is 3.70. The first-order chi connectivity index (χ1) is 8.75. The molecule has 3 N–H and O–H groups in total. The maximum Gasteiger partial charge on any atom is 0.271 e. The number of carbonyl (C=O) groups is 1. The number of rotatable bonds is 4. The van der Waals surface area contributed by atoms with Crippen LogP contribution in [-0.4, -0.2) is 27.6 Å². The Morgan fingerprint density at radius 1 is 1.17 bits per heavy atom. The molecule has 0 aromatic carbocycles. The fraction of sp³-hybridized carbons (Fsp3) is 0.167. The van der Waals surface area contributed by atoms with Crippen LogP contribution in [0.15, 0.2) is 36.7 Å². The second-order valence-corrected chi connectivity index (χ2v) is 3.70. The monoisotopic (exact) mass is 243 g/mol. The zero-order valence-corrected chi connectivity index (χ0v) is 9.71. The lowest BCUT2D eigenvalue weighted by Crippen LogP contribution is -2.26. The highest BCUT2D eigenvalue weighted by atomic mass is 16.1. The minimum Gasteiger partial charge on any atom is -0.382 e. The van der Waals surface area contributed by atoms with Crippen LogP contribution in [0.1, 0.15) is 16.1 Å². The normalized spacial score (nSPS) is 10.0. The SMILES string of the molecule is Nc1ccc(C(=O)NCCc2ccncc2)nn1. The number of hydrogen-bond acceptors (Lipinski definition) is 5. The van der Waals surface area contributed by atoms with Crippen LogP contribution in [0, 0.1) is 0 Å². The molecular formula is C12H13N5O. The summed E-state index contributed by atoms with van der Waals surface area (Å²) in [5, 5.41) is 10.1. The molecule has 6 nitrogen and oxygen atoms in total. The van der Waals surface area contributed by atoms with Gasteiger partial charge in [0.15, 0.2) is 5.69 Å². The molecule has 0 saturated heterocycles. The van der Waals surface area contributed by atoms with Gasteiger partial charge in [0.1, 0.15) is 5.82 Å². The molecule has 0 aliphatic carbocycles. The second kappa shape index (κ2) is 5.72. The molecule has 18 heavy (non-hydrogen) atoms. The molecule has 0 fully saturated rings. The first-order valence-corrected chi connectivity index (χ1v) is 5.52. The molecule has 2 aromatic heterocycles. The van der Waals surface area contributed by atoms with E-state index >= 15 is 0 Å². The van der Waals surface area contributed by atoms with Gasteiger partial charge in [-0.25, -0.2) is 0 Å². The number of nitrogens with two attached hydrogens (primary N) is 1. The third-order valence-electron chi connectivity index (χ3n) is 2.37. The number of carbonyl (C=O) groups excluding carboxylic acids is 1. The molecule has 2 aromatic rings. The van der Waals surface area contributed by atoms with E-state index < -0.39 is 0 Å². The van der Waals surface area contributed by atoms with E-state index in [1.54, 1.807) is 24.5 Å². The summed E-state index contributed by atoms with van der Waals surface area (Å²) in [6.07, 6.45) is 4.20. The fourth-order valence-corrected chi connectivity index (χ4v) is 1.42. The zero-order valence-electron chi connectivity index (χ0n) is 9.71. The van der Waals surface area contributed by atoms with E-state index in [0.717, 1.165) is 12.0 Å². The average Bonchev–Trinajstić information content (AvgIpc) is 2.40. The number of aromatic nitrogens is 3. The molecule has 0 atom stereocenters. The number of pyridine rings is 1. The lowest BCUT2D eigenvalue weighted by atomic mass is 10.2. The predicted molar refractivity (Wildman–Crippen MR) is 66.7 cm³/mol. The van der Waals surface area contributed by atoms with Gasteiger partial charge in [-0.05, 0) is 36.2 Å². The topological polar surface area (TPSA) is 93.8 Å². The van der Waals surface area contributed by atoms with Crippen molar-refractivity contribution < 1.29 is 4.79 Å². The maximum absolute atomic E-state index is 11.7. The van der Waals surface area contributed by atoms with Crippen LogP contribution < -0.4 is 11.1 Å². The van der Waals surface area contributed by atoms with E-state index in [4.69, 9.17) is 5.73 Å². The molecule has 0 bridgehead atoms. The molecule has 0 aliphatic heterocycles. The summed E-state index contributed by atoms with van der Waals surface area (Å²) < 4.78 is 0. The standard InChI is InChI=1S/C12H13N5O/c13-11-2-1-10(16-17-11)12(18)15-8-5-9-3-6-14-7-4-9/h1-4,6-7H,5,8H2,(H2,13,17)(H,15,18). The van der Waals surface area contributed by atoms with Crippen LogP contribution in [0.5, 0.6) is 0 Å². The van der Waals surface area contributed by atoms with Crippen LogP contribution in [-0.2, 0) is 6.42 Å². The van der Waals surface area contributed by atoms with Crippen molar-refractivity contribution >= 4 is 11.7 Å². The van der Waals surface area contributed by atoms with Crippen molar-refractivity contribution in [1.29, 1.82) is 0 Å². The van der Waals surface area contributed by atoms with E-state index in [9.17, 15) is 4.79 Å². The Morgan fingerprint density at radius 2 is 1.94 bits per heavy atom. The highest BCUT2D eigenvalue weighted by Gasteiger charge is 2.06. The maximum atomic E-state index is 11.7. The van der Waals surface area contributed by atoms with Gasteiger partial charge in [0.2, 0.25) is 0 Å². The van der Waals surface area contributed by atoms with Crippen LogP contribution in [0.3, 0.4) is 0 Å². The number of nitrogens with one attached hydrogen (secondary N) is 1. The molecule has 0 spiro atoms. The van der Waals surface area contributed by atoms with Crippen molar-refractivity contribution in [2.45, 2.75) is 6.42 Å². The van der Waals surface area contributed by atoms with E-state index in [0.29, 0.717) is 12.4 Å². The van der Waals surface area contributed by atoms with Crippen LogP contribution in [0.4, 0.5) is 5.82 Å². The van der Waals surface area contributed by atoms with Crippen LogP contribution in [0.25, 0.3) is 0 Å². The van der Waals surface area contributed by atoms with Crippen LogP contribution in [0.2, 0.25) is 0 Å². The molecule has 0 radical (unpaired) electrons. The smallest absolute Gasteiger partial charge is 0.271 e. The molecule has 1 amide bonds. The first kappa shape index (κ1) is 12.0. The van der Waals surface area contributed by atoms with E-state index in [1.807, 2.05) is 12.1 Å². The highest BCUT2D eigenvalue weighted by molar-refractivity contribution is 5.92. The number of anilines is 1. The lowest BCUT2D eigenvalue weighted by Gasteiger charge is -2.04. The quantitative estimate of drug-likeness (QED) is 0.812. The van der Waals surface area contributed by atoms with Crippen molar-refractivity contribution in [3.05, 3.63) is 47.9 Å². The summed E-state index contributed by atoms with van der Waals surface area (Å²) in [7, 11) is 0. The summed E-state index contributed by atoms with van der Waals surface area (Å²) in [5.41, 5.74) is 6.77. The van der Waals surface area contributed by atoms with Gasteiger partial charge in [-0.3, -0.25) is 9.78 Å². The van der Waals surface area contributed by atoms with Crippen molar-refractivity contribution in [1.82, 2.24) is 20.5 Å². The Kier molecular flexibility index (Phi) is 3.80. The molecule has 2 heterocycles. The Labute approximate surface area is 104 Å². The third-order valence-corrected chi connectivity index (χ3v) is 2.37. The van der Waals surface area contributed by atoms with Gasteiger partial charge in [0.25, 0.3) is 5.91 Å². The predicted octanol–water partition coefficient (Wildman–Crippen LogP) is 0.426. The average molecular weight is 243 g/mol. The molecule has 92 valence electrons. The Hall–Kier alpha value is -2.50. The zero-order chi connectivity index (χ0) is 12.8. The van der Waals surface area contributed by atoms with E-state index in [-0.39, 0.29) is 11.6 Å². The minimum absolute atomic E-state index is 0.253. The van der Waals surface area contributed by atoms with Crippen molar-refractivity contribution in [3.8, 4) is 0 Å². The van der Waals surface area contributed by atoms with E-state index in [2.05, 4.69) is 20.5 Å². The molecular weight excluding hydrogens is 230 g/mol. The Morgan fingerprint density at radius 3 is 2.61 bits per heavy atom. The highest BCUT2D eigenvalue weighted by Crippen LogP contribution is 1.98. The molecule has 0 saturated carbocycles. The summed E-state index contributed by atoms with van der Waals surface area (Å²) in [5.74, 6) is 0.0416. The van der Waals surface area contributed by atoms with Gasteiger partial charge in [0.05, 0.1) is 0 Å². The van der Waals surface area contributed by atoms with Gasteiger partial charge in [-0.2, -0.15) is 0 Å². The molecule has 0 unspecified atom stereocenters. The van der Waals surface area contributed by atoms with Gasteiger partial charge in [0, 0.05) is 18.9 Å². The van der Waals surface area contributed by atoms with Gasteiger partial charge in [-0.15, -0.1) is 10.2 Å². The number of amides is 1. The minimum atomic E-state index is -0.253. The van der Waals surface area contributed by atoms with Crippen molar-refractivity contribution in [2.75, 3.05) is 12.3 Å². The largest absolute Gasteiger partial charge is 0.382 e.